The fraction of sp³-hybridized carbons (Fsp3) is 1.00. The summed E-state index contributed by atoms with van der Waals surface area (Å²) in [4.78, 5) is 0. The highest BCUT2D eigenvalue weighted by Gasteiger charge is 2.35. The summed E-state index contributed by atoms with van der Waals surface area (Å²) in [6.45, 7) is 7.63. The summed E-state index contributed by atoms with van der Waals surface area (Å²) in [5.74, 6) is 0. The maximum atomic E-state index is 12.9. The lowest BCUT2D eigenvalue weighted by molar-refractivity contribution is 0.221. The third-order valence-corrected chi connectivity index (χ3v) is 10.1. The Labute approximate surface area is 118 Å². The van der Waals surface area contributed by atoms with Crippen LogP contribution in [0.5, 0.6) is 0 Å². The zero-order valence-corrected chi connectivity index (χ0v) is 15.4. The minimum absolute atomic E-state index is 0.0529. The molecule has 0 aromatic carbocycles. The zero-order chi connectivity index (χ0) is 15.4. The Balaban J connectivity index is 5.00. The Morgan fingerprint density at radius 2 is 1.37 bits per heavy atom. The van der Waals surface area contributed by atoms with Gasteiger partial charge in [-0.3, -0.25) is 9.24 Å². The van der Waals surface area contributed by atoms with Crippen LogP contribution in [-0.2, 0) is 13.7 Å². The molecular weight excluding hydrogens is 282 g/mol. The first-order chi connectivity index (χ1) is 8.45. The van der Waals surface area contributed by atoms with Crippen molar-refractivity contribution in [2.75, 3.05) is 40.5 Å². The lowest BCUT2D eigenvalue weighted by atomic mass is 10.5. The SMILES string of the molecule is CC(C)OP(=O)(CCP(=O)(C(C)C)N(C)C)N(C)C. The van der Waals surface area contributed by atoms with Crippen LogP contribution in [0.25, 0.3) is 0 Å². The Morgan fingerprint density at radius 1 is 0.895 bits per heavy atom. The maximum Gasteiger partial charge on any atom is 0.272 e. The van der Waals surface area contributed by atoms with E-state index in [0.29, 0.717) is 12.3 Å². The van der Waals surface area contributed by atoms with Crippen LogP contribution in [-0.4, -0.2) is 61.6 Å². The van der Waals surface area contributed by atoms with Gasteiger partial charge in [0.05, 0.1) is 6.10 Å². The molecule has 0 radical (unpaired) electrons. The summed E-state index contributed by atoms with van der Waals surface area (Å²) >= 11 is 0. The van der Waals surface area contributed by atoms with Crippen molar-refractivity contribution in [2.24, 2.45) is 0 Å². The van der Waals surface area contributed by atoms with Gasteiger partial charge >= 0.3 is 0 Å². The van der Waals surface area contributed by atoms with Gasteiger partial charge in [0.2, 0.25) is 0 Å². The monoisotopic (exact) mass is 312 g/mol. The molecule has 19 heavy (non-hydrogen) atoms. The van der Waals surface area contributed by atoms with Crippen molar-refractivity contribution in [2.45, 2.75) is 39.5 Å². The molecule has 0 aliphatic carbocycles. The van der Waals surface area contributed by atoms with Crippen LogP contribution >= 0.6 is 14.8 Å². The lowest BCUT2D eigenvalue weighted by Crippen LogP contribution is -2.23. The average molecular weight is 312 g/mol. The molecular formula is C12H30N2O3P2. The second-order valence-electron chi connectivity index (χ2n) is 5.78. The molecule has 0 rings (SSSR count). The van der Waals surface area contributed by atoms with Crippen LogP contribution < -0.4 is 0 Å². The quantitative estimate of drug-likeness (QED) is 0.643. The van der Waals surface area contributed by atoms with E-state index < -0.39 is 14.8 Å². The first-order valence-corrected chi connectivity index (χ1v) is 10.3. The highest BCUT2D eigenvalue weighted by atomic mass is 31.2. The molecule has 0 amide bonds. The van der Waals surface area contributed by atoms with Crippen molar-refractivity contribution in [1.29, 1.82) is 0 Å². The van der Waals surface area contributed by atoms with Gasteiger partial charge in [0.25, 0.3) is 7.52 Å². The van der Waals surface area contributed by atoms with Crippen molar-refractivity contribution in [1.82, 2.24) is 9.34 Å². The van der Waals surface area contributed by atoms with Gasteiger partial charge in [-0.15, -0.1) is 0 Å². The molecule has 0 fully saturated rings. The zero-order valence-electron chi connectivity index (χ0n) is 13.6. The van der Waals surface area contributed by atoms with E-state index >= 15 is 0 Å². The van der Waals surface area contributed by atoms with Gasteiger partial charge < -0.3 is 9.09 Å². The molecule has 5 nitrogen and oxygen atoms in total. The Hall–Kier alpha value is 0.340. The molecule has 0 heterocycles. The van der Waals surface area contributed by atoms with E-state index in [4.69, 9.17) is 4.52 Å². The van der Waals surface area contributed by atoms with Crippen LogP contribution in [0.2, 0.25) is 0 Å². The normalized spacial score (nSPS) is 19.2. The summed E-state index contributed by atoms with van der Waals surface area (Å²) < 4.78 is 34.7. The van der Waals surface area contributed by atoms with E-state index in [1.165, 1.54) is 0 Å². The highest BCUT2D eigenvalue weighted by molar-refractivity contribution is 7.64. The van der Waals surface area contributed by atoms with Crippen molar-refractivity contribution in [3.63, 3.8) is 0 Å². The van der Waals surface area contributed by atoms with E-state index in [2.05, 4.69) is 0 Å². The summed E-state index contributed by atoms with van der Waals surface area (Å²) in [6, 6.07) is 0. The van der Waals surface area contributed by atoms with Crippen molar-refractivity contribution in [3.8, 4) is 0 Å². The molecule has 0 aromatic heterocycles. The lowest BCUT2D eigenvalue weighted by Gasteiger charge is -2.32. The molecule has 0 saturated carbocycles. The molecule has 0 aromatic rings. The van der Waals surface area contributed by atoms with E-state index in [9.17, 15) is 9.13 Å². The largest absolute Gasteiger partial charge is 0.315 e. The molecule has 0 N–H and O–H groups in total. The fourth-order valence-electron chi connectivity index (χ4n) is 1.87. The molecule has 2 unspecified atom stereocenters. The van der Waals surface area contributed by atoms with E-state index in [-0.39, 0.29) is 11.8 Å². The summed E-state index contributed by atoms with van der Waals surface area (Å²) in [5.41, 5.74) is 0.0529. The topological polar surface area (TPSA) is 49.9 Å². The smallest absolute Gasteiger partial charge is 0.272 e. The summed E-state index contributed by atoms with van der Waals surface area (Å²) in [6.07, 6.45) is 0.636. The van der Waals surface area contributed by atoms with Crippen LogP contribution in [0.4, 0.5) is 0 Å². The maximum absolute atomic E-state index is 12.9. The van der Waals surface area contributed by atoms with Gasteiger partial charge in [-0.1, -0.05) is 13.8 Å². The van der Waals surface area contributed by atoms with E-state index in [1.807, 2.05) is 41.8 Å². The Morgan fingerprint density at radius 3 is 1.63 bits per heavy atom. The minimum Gasteiger partial charge on any atom is -0.315 e. The second-order valence-corrected chi connectivity index (χ2v) is 12.3. The predicted octanol–water partition coefficient (Wildman–Crippen LogP) is 3.41. The molecule has 116 valence electrons. The molecule has 0 aliphatic heterocycles. The van der Waals surface area contributed by atoms with Crippen LogP contribution in [0.1, 0.15) is 27.7 Å². The summed E-state index contributed by atoms with van der Waals surface area (Å²) in [7, 11) is 1.77. The first kappa shape index (κ1) is 19.3. The van der Waals surface area contributed by atoms with E-state index in [0.717, 1.165) is 0 Å². The third kappa shape index (κ3) is 5.32. The Bertz CT molecular complexity index is 356. The third-order valence-electron chi connectivity index (χ3n) is 3.17. The number of hydrogen-bond donors (Lipinski definition) is 0. The van der Waals surface area contributed by atoms with Gasteiger partial charge in [-0.05, 0) is 42.0 Å². The standard InChI is InChI=1S/C12H30N2O3P2/c1-11(2)17-19(16,14(7)8)10-9-18(15,12(3)4)13(5)6/h11-12H,9-10H2,1-8H3. The molecule has 0 aliphatic rings. The van der Waals surface area contributed by atoms with Gasteiger partial charge in [-0.2, -0.15) is 0 Å². The molecule has 2 atom stereocenters. The molecule has 0 spiro atoms. The van der Waals surface area contributed by atoms with Crippen LogP contribution in [0.15, 0.2) is 0 Å². The van der Waals surface area contributed by atoms with E-state index in [1.54, 1.807) is 23.4 Å². The first-order valence-electron chi connectivity index (χ1n) is 6.67. The average Bonchev–Trinajstić information content (AvgIpc) is 2.24. The second kappa shape index (κ2) is 7.38. The van der Waals surface area contributed by atoms with Gasteiger partial charge in [-0.25, -0.2) is 4.67 Å². The van der Waals surface area contributed by atoms with Gasteiger partial charge in [0.1, 0.15) is 0 Å². The predicted molar refractivity (Wildman–Crippen MR) is 83.7 cm³/mol. The number of nitrogens with zero attached hydrogens (tertiary/aromatic N) is 2. The fourth-order valence-corrected chi connectivity index (χ4v) is 7.22. The van der Waals surface area contributed by atoms with Crippen LogP contribution in [0, 0.1) is 0 Å². The Kier molecular flexibility index (Phi) is 7.51. The van der Waals surface area contributed by atoms with Crippen molar-refractivity contribution in [3.05, 3.63) is 0 Å². The molecule has 0 saturated heterocycles. The van der Waals surface area contributed by atoms with Crippen molar-refractivity contribution < 1.29 is 13.7 Å². The van der Waals surface area contributed by atoms with Gasteiger partial charge in [0.15, 0.2) is 7.29 Å². The molecule has 0 bridgehead atoms. The van der Waals surface area contributed by atoms with Gasteiger partial charge in [0, 0.05) is 18.0 Å². The number of rotatable bonds is 8. The minimum atomic E-state index is -2.89. The highest BCUT2D eigenvalue weighted by Crippen LogP contribution is 2.58. The van der Waals surface area contributed by atoms with Crippen molar-refractivity contribution >= 4 is 14.8 Å². The summed E-state index contributed by atoms with van der Waals surface area (Å²) in [5, 5.41) is 0. The molecule has 7 heteroatoms. The number of hydrogen-bond acceptors (Lipinski definition) is 3. The van der Waals surface area contributed by atoms with Crippen LogP contribution in [0.3, 0.4) is 0 Å².